The summed E-state index contributed by atoms with van der Waals surface area (Å²) in [6.07, 6.45) is 4.70. The van der Waals surface area contributed by atoms with Gasteiger partial charge in [-0.05, 0) is 36.8 Å². The van der Waals surface area contributed by atoms with Gasteiger partial charge in [0.1, 0.15) is 0 Å². The van der Waals surface area contributed by atoms with Gasteiger partial charge in [0.2, 0.25) is 0 Å². The van der Waals surface area contributed by atoms with Crippen molar-refractivity contribution < 1.29 is 5.11 Å². The summed E-state index contributed by atoms with van der Waals surface area (Å²) in [7, 11) is 0. The van der Waals surface area contributed by atoms with Gasteiger partial charge in [-0.1, -0.05) is 24.3 Å². The number of benzene rings is 1. The molecule has 0 spiro atoms. The molecule has 3 rings (SSSR count). The summed E-state index contributed by atoms with van der Waals surface area (Å²) in [5, 5.41) is 9.45. The van der Waals surface area contributed by atoms with E-state index in [1.165, 1.54) is 24.0 Å². The zero-order valence-corrected chi connectivity index (χ0v) is 9.58. The third kappa shape index (κ3) is 1.40. The normalized spacial score (nSPS) is 24.1. The Morgan fingerprint density at radius 1 is 1.06 bits per heavy atom. The number of nitrogens with two attached hydrogens (primary N) is 1. The van der Waals surface area contributed by atoms with Crippen molar-refractivity contribution in [2.45, 2.75) is 36.5 Å². The lowest BCUT2D eigenvalue weighted by Gasteiger charge is -2.17. The van der Waals surface area contributed by atoms with Crippen LogP contribution in [0.15, 0.2) is 24.3 Å². The molecule has 0 atom stereocenters. The lowest BCUT2D eigenvalue weighted by atomic mass is 9.89. The summed E-state index contributed by atoms with van der Waals surface area (Å²) < 4.78 is 0. The fourth-order valence-electron chi connectivity index (χ4n) is 2.63. The number of rotatable bonds is 4. The number of aliphatic hydroxyl groups is 1. The number of hydrogen-bond donors (Lipinski definition) is 2. The Hall–Kier alpha value is -0.860. The molecule has 2 heteroatoms. The molecule has 0 bridgehead atoms. The van der Waals surface area contributed by atoms with Crippen LogP contribution < -0.4 is 5.73 Å². The molecule has 0 aliphatic heterocycles. The molecule has 1 aromatic carbocycles. The first-order chi connectivity index (χ1) is 7.75. The Balaban J connectivity index is 1.95. The average Bonchev–Trinajstić information content (AvgIpc) is 3.24. The molecule has 0 heterocycles. The summed E-state index contributed by atoms with van der Waals surface area (Å²) in [4.78, 5) is 0. The highest BCUT2D eigenvalue weighted by atomic mass is 16.3. The van der Waals surface area contributed by atoms with E-state index in [0.717, 1.165) is 19.4 Å². The van der Waals surface area contributed by atoms with Gasteiger partial charge in [-0.25, -0.2) is 0 Å². The minimum atomic E-state index is 0.0840. The SMILES string of the molecule is NCC1(c2cccc(C3(CO)CC3)c2)CC1. The second-order valence-electron chi connectivity index (χ2n) is 5.50. The minimum Gasteiger partial charge on any atom is -0.395 e. The summed E-state index contributed by atoms with van der Waals surface area (Å²) in [6, 6.07) is 8.75. The van der Waals surface area contributed by atoms with E-state index in [9.17, 15) is 5.11 Å². The van der Waals surface area contributed by atoms with Gasteiger partial charge in [0.15, 0.2) is 0 Å². The summed E-state index contributed by atoms with van der Waals surface area (Å²) >= 11 is 0. The molecule has 2 saturated carbocycles. The smallest absolute Gasteiger partial charge is 0.0527 e. The van der Waals surface area contributed by atoms with Gasteiger partial charge in [-0.15, -0.1) is 0 Å². The van der Waals surface area contributed by atoms with Gasteiger partial charge in [-0.2, -0.15) is 0 Å². The van der Waals surface area contributed by atoms with E-state index in [0.29, 0.717) is 0 Å². The standard InChI is InChI=1S/C14H19NO/c15-9-13(4-5-13)11-2-1-3-12(8-11)14(10-16)6-7-14/h1-3,8,16H,4-7,9-10,15H2. The highest BCUT2D eigenvalue weighted by Gasteiger charge is 2.46. The van der Waals surface area contributed by atoms with Crippen molar-refractivity contribution in [2.75, 3.05) is 13.2 Å². The molecule has 86 valence electrons. The van der Waals surface area contributed by atoms with E-state index in [1.807, 2.05) is 0 Å². The fourth-order valence-corrected chi connectivity index (χ4v) is 2.63. The second kappa shape index (κ2) is 3.31. The molecule has 0 amide bonds. The molecule has 2 aliphatic rings. The number of hydrogen-bond acceptors (Lipinski definition) is 2. The molecule has 16 heavy (non-hydrogen) atoms. The first-order valence-electron chi connectivity index (χ1n) is 6.17. The molecule has 2 nitrogen and oxygen atoms in total. The molecule has 2 fully saturated rings. The van der Waals surface area contributed by atoms with E-state index < -0.39 is 0 Å². The second-order valence-corrected chi connectivity index (χ2v) is 5.50. The Morgan fingerprint density at radius 2 is 1.62 bits per heavy atom. The maximum absolute atomic E-state index is 9.45. The molecule has 0 saturated heterocycles. The Labute approximate surface area is 96.5 Å². The van der Waals surface area contributed by atoms with Gasteiger partial charge in [0.25, 0.3) is 0 Å². The zero-order valence-electron chi connectivity index (χ0n) is 9.58. The van der Waals surface area contributed by atoms with Crippen LogP contribution in [0.3, 0.4) is 0 Å². The van der Waals surface area contributed by atoms with Gasteiger partial charge < -0.3 is 10.8 Å². The predicted molar refractivity (Wildman–Crippen MR) is 64.4 cm³/mol. The van der Waals surface area contributed by atoms with Crippen LogP contribution in [-0.4, -0.2) is 18.3 Å². The highest BCUT2D eigenvalue weighted by Crippen LogP contribution is 2.51. The monoisotopic (exact) mass is 217 g/mol. The van der Waals surface area contributed by atoms with Crippen LogP contribution >= 0.6 is 0 Å². The van der Waals surface area contributed by atoms with Crippen molar-refractivity contribution in [3.8, 4) is 0 Å². The largest absolute Gasteiger partial charge is 0.395 e. The first kappa shape index (κ1) is 10.3. The molecule has 0 aromatic heterocycles. The van der Waals surface area contributed by atoms with E-state index in [4.69, 9.17) is 5.73 Å². The van der Waals surface area contributed by atoms with Crippen molar-refractivity contribution in [1.82, 2.24) is 0 Å². The first-order valence-corrected chi connectivity index (χ1v) is 6.17. The van der Waals surface area contributed by atoms with Gasteiger partial charge in [-0.3, -0.25) is 0 Å². The number of aliphatic hydroxyl groups excluding tert-OH is 1. The quantitative estimate of drug-likeness (QED) is 0.806. The molecule has 0 unspecified atom stereocenters. The lowest BCUT2D eigenvalue weighted by Crippen LogP contribution is -2.21. The van der Waals surface area contributed by atoms with Crippen molar-refractivity contribution in [3.63, 3.8) is 0 Å². The van der Waals surface area contributed by atoms with Crippen molar-refractivity contribution in [2.24, 2.45) is 5.73 Å². The molecule has 1 aromatic rings. The van der Waals surface area contributed by atoms with Crippen LogP contribution in [0.1, 0.15) is 36.8 Å². The molecule has 2 aliphatic carbocycles. The fraction of sp³-hybridized carbons (Fsp3) is 0.571. The Morgan fingerprint density at radius 3 is 2.06 bits per heavy atom. The molecule has 0 radical (unpaired) electrons. The van der Waals surface area contributed by atoms with E-state index in [2.05, 4.69) is 24.3 Å². The van der Waals surface area contributed by atoms with Gasteiger partial charge in [0.05, 0.1) is 6.61 Å². The van der Waals surface area contributed by atoms with E-state index in [-0.39, 0.29) is 17.4 Å². The van der Waals surface area contributed by atoms with Crippen LogP contribution in [0.25, 0.3) is 0 Å². The minimum absolute atomic E-state index is 0.0840. The zero-order chi connectivity index (χ0) is 11.2. The van der Waals surface area contributed by atoms with Gasteiger partial charge in [0, 0.05) is 17.4 Å². The lowest BCUT2D eigenvalue weighted by molar-refractivity contribution is 0.255. The molecular weight excluding hydrogens is 198 g/mol. The molecular formula is C14H19NO. The van der Waals surface area contributed by atoms with Crippen LogP contribution in [0.4, 0.5) is 0 Å². The Bertz CT molecular complexity index is 370. The maximum atomic E-state index is 9.45. The average molecular weight is 217 g/mol. The van der Waals surface area contributed by atoms with Crippen LogP contribution in [0, 0.1) is 0 Å². The van der Waals surface area contributed by atoms with Gasteiger partial charge >= 0.3 is 0 Å². The maximum Gasteiger partial charge on any atom is 0.0527 e. The van der Waals surface area contributed by atoms with Crippen molar-refractivity contribution >= 4 is 0 Å². The van der Waals surface area contributed by atoms with Crippen molar-refractivity contribution in [1.29, 1.82) is 0 Å². The van der Waals surface area contributed by atoms with Crippen molar-refractivity contribution in [3.05, 3.63) is 35.4 Å². The third-order valence-electron chi connectivity index (χ3n) is 4.49. The van der Waals surface area contributed by atoms with E-state index >= 15 is 0 Å². The third-order valence-corrected chi connectivity index (χ3v) is 4.49. The van der Waals surface area contributed by atoms with Crippen LogP contribution in [0.5, 0.6) is 0 Å². The summed E-state index contributed by atoms with van der Waals surface area (Å²) in [6.45, 7) is 1.04. The van der Waals surface area contributed by atoms with Crippen LogP contribution in [-0.2, 0) is 10.8 Å². The molecule has 3 N–H and O–H groups in total. The van der Waals surface area contributed by atoms with E-state index in [1.54, 1.807) is 0 Å². The highest BCUT2D eigenvalue weighted by molar-refractivity contribution is 5.40. The predicted octanol–water partition coefficient (Wildman–Crippen LogP) is 1.70. The summed E-state index contributed by atoms with van der Waals surface area (Å²) in [5.41, 5.74) is 8.90. The van der Waals surface area contributed by atoms with Crippen LogP contribution in [0.2, 0.25) is 0 Å². The Kier molecular flexibility index (Phi) is 2.13. The summed E-state index contributed by atoms with van der Waals surface area (Å²) in [5.74, 6) is 0. The topological polar surface area (TPSA) is 46.2 Å².